The maximum absolute atomic E-state index is 16.0. The number of rotatable bonds is 5. The largest absolute Gasteiger partial charge is 0.277 e. The maximum atomic E-state index is 16.0. The van der Waals surface area contributed by atoms with E-state index >= 15 is 8.78 Å². The first-order valence-corrected chi connectivity index (χ1v) is 13.6. The number of aromatic nitrogens is 4. The second kappa shape index (κ2) is 9.11. The van der Waals surface area contributed by atoms with Crippen molar-refractivity contribution in [2.24, 2.45) is 0 Å². The van der Waals surface area contributed by atoms with E-state index in [4.69, 9.17) is 11.6 Å². The van der Waals surface area contributed by atoms with Gasteiger partial charge in [0.2, 0.25) is 0 Å². The normalized spacial score (nSPS) is 17.1. The zero-order valence-electron chi connectivity index (χ0n) is 20.0. The van der Waals surface area contributed by atoms with Crippen LogP contribution >= 0.6 is 11.6 Å². The Morgan fingerprint density at radius 1 is 1.08 bits per heavy atom. The summed E-state index contributed by atoms with van der Waals surface area (Å²) in [5.41, 5.74) is 0.703. The molecule has 0 unspecified atom stereocenters. The van der Waals surface area contributed by atoms with Crippen LogP contribution in [0.4, 0.5) is 8.78 Å². The molecule has 0 amide bonds. The van der Waals surface area contributed by atoms with Gasteiger partial charge in [0.1, 0.15) is 15.6 Å². The SMILES string of the molecule is Cc1cnc(-c2cccc(S(C)(=O)=O)c2F)c(F)c1-n1c(C)cc([C@H]2C[C@@H]2c2cccnn2)c(Cl)c1=O. The molecule has 1 aromatic carbocycles. The van der Waals surface area contributed by atoms with Gasteiger partial charge in [-0.3, -0.25) is 14.3 Å². The third-order valence-corrected chi connectivity index (χ3v) is 8.04. The first-order valence-electron chi connectivity index (χ1n) is 11.3. The second-order valence-electron chi connectivity index (χ2n) is 9.14. The van der Waals surface area contributed by atoms with Gasteiger partial charge in [0.25, 0.3) is 5.56 Å². The van der Waals surface area contributed by atoms with Crippen LogP contribution in [-0.2, 0) is 9.84 Å². The Morgan fingerprint density at radius 2 is 1.84 bits per heavy atom. The van der Waals surface area contributed by atoms with Crippen LogP contribution in [0.15, 0.2) is 58.5 Å². The molecule has 0 aliphatic heterocycles. The Morgan fingerprint density at radius 3 is 2.51 bits per heavy atom. The summed E-state index contributed by atoms with van der Waals surface area (Å²) >= 11 is 6.53. The van der Waals surface area contributed by atoms with Crippen molar-refractivity contribution in [3.05, 3.63) is 98.3 Å². The van der Waals surface area contributed by atoms with Gasteiger partial charge in [-0.1, -0.05) is 17.7 Å². The molecule has 0 saturated heterocycles. The highest BCUT2D eigenvalue weighted by Crippen LogP contribution is 2.55. The van der Waals surface area contributed by atoms with Gasteiger partial charge in [-0.05, 0) is 67.6 Å². The number of aryl methyl sites for hydroxylation is 2. The lowest BCUT2D eigenvalue weighted by Crippen LogP contribution is -2.24. The standard InChI is InChI=1S/C26H21ClF2N4O3S/c1-13-12-30-24(15-6-4-8-20(22(15)28)37(3,35)36)23(29)25(13)33-14(2)10-18(21(27)26(33)34)16-11-17(16)19-7-5-9-31-32-19/h4-10,12,16-17H,11H2,1-3H3/t16-,17-/m0/s1. The van der Waals surface area contributed by atoms with Gasteiger partial charge in [0.05, 0.1) is 11.4 Å². The summed E-state index contributed by atoms with van der Waals surface area (Å²) in [6, 6.07) is 9.05. The van der Waals surface area contributed by atoms with Crippen molar-refractivity contribution >= 4 is 21.4 Å². The lowest BCUT2D eigenvalue weighted by molar-refractivity contribution is 0.569. The van der Waals surface area contributed by atoms with Gasteiger partial charge in [-0.2, -0.15) is 10.2 Å². The van der Waals surface area contributed by atoms with Crippen molar-refractivity contribution in [3.8, 4) is 16.9 Å². The van der Waals surface area contributed by atoms with E-state index in [1.165, 1.54) is 18.3 Å². The molecule has 0 N–H and O–H groups in total. The highest BCUT2D eigenvalue weighted by atomic mass is 35.5. The summed E-state index contributed by atoms with van der Waals surface area (Å²) in [5, 5.41) is 8.01. The maximum Gasteiger partial charge on any atom is 0.274 e. The van der Waals surface area contributed by atoms with E-state index in [1.807, 2.05) is 6.07 Å². The Hall–Kier alpha value is -3.50. The first kappa shape index (κ1) is 25.2. The van der Waals surface area contributed by atoms with Crippen LogP contribution in [0.5, 0.6) is 0 Å². The summed E-state index contributed by atoms with van der Waals surface area (Å²) in [6.45, 7) is 3.22. The molecule has 11 heteroatoms. The highest BCUT2D eigenvalue weighted by Gasteiger charge is 2.43. The average molecular weight is 543 g/mol. The molecule has 7 nitrogen and oxygen atoms in total. The van der Waals surface area contributed by atoms with Crippen molar-refractivity contribution in [2.45, 2.75) is 37.0 Å². The van der Waals surface area contributed by atoms with E-state index in [9.17, 15) is 13.2 Å². The van der Waals surface area contributed by atoms with Crippen LogP contribution in [0.25, 0.3) is 16.9 Å². The smallest absolute Gasteiger partial charge is 0.274 e. The third-order valence-electron chi connectivity index (χ3n) is 6.54. The van der Waals surface area contributed by atoms with E-state index in [2.05, 4.69) is 15.2 Å². The predicted molar refractivity (Wildman–Crippen MR) is 135 cm³/mol. The fourth-order valence-corrected chi connectivity index (χ4v) is 5.71. The molecule has 37 heavy (non-hydrogen) atoms. The van der Waals surface area contributed by atoms with E-state index in [1.54, 1.807) is 32.2 Å². The molecular formula is C26H21ClF2N4O3S. The van der Waals surface area contributed by atoms with Gasteiger partial charge < -0.3 is 0 Å². The van der Waals surface area contributed by atoms with E-state index in [0.717, 1.165) is 29.0 Å². The van der Waals surface area contributed by atoms with Crippen molar-refractivity contribution in [1.82, 2.24) is 19.7 Å². The minimum atomic E-state index is -3.90. The topological polar surface area (TPSA) is 94.8 Å². The van der Waals surface area contributed by atoms with Gasteiger partial charge in [-0.25, -0.2) is 17.2 Å². The van der Waals surface area contributed by atoms with Crippen LogP contribution < -0.4 is 5.56 Å². The Bertz CT molecular complexity index is 1730. The van der Waals surface area contributed by atoms with E-state index < -0.39 is 37.6 Å². The van der Waals surface area contributed by atoms with Crippen molar-refractivity contribution < 1.29 is 17.2 Å². The molecule has 1 saturated carbocycles. The van der Waals surface area contributed by atoms with Gasteiger partial charge in [0.15, 0.2) is 21.5 Å². The zero-order valence-corrected chi connectivity index (χ0v) is 21.6. The summed E-state index contributed by atoms with van der Waals surface area (Å²) < 4.78 is 56.2. The van der Waals surface area contributed by atoms with E-state index in [0.29, 0.717) is 16.8 Å². The van der Waals surface area contributed by atoms with Gasteiger partial charge in [0, 0.05) is 35.8 Å². The summed E-state index contributed by atoms with van der Waals surface area (Å²) in [4.78, 5) is 16.9. The number of pyridine rings is 2. The molecule has 1 fully saturated rings. The molecule has 3 aromatic heterocycles. The molecule has 1 aliphatic carbocycles. The number of sulfone groups is 1. The molecule has 4 aromatic rings. The quantitative estimate of drug-likeness (QED) is 0.355. The van der Waals surface area contributed by atoms with Crippen LogP contribution in [0.2, 0.25) is 5.02 Å². The predicted octanol–water partition coefficient (Wildman–Crippen LogP) is 4.91. The van der Waals surface area contributed by atoms with Crippen molar-refractivity contribution in [2.75, 3.05) is 6.26 Å². The Kier molecular flexibility index (Phi) is 6.19. The first-order chi connectivity index (χ1) is 17.5. The summed E-state index contributed by atoms with van der Waals surface area (Å²) in [6.07, 6.45) is 4.51. The summed E-state index contributed by atoms with van der Waals surface area (Å²) in [7, 11) is -3.90. The number of hydrogen-bond donors (Lipinski definition) is 0. The molecule has 190 valence electrons. The van der Waals surface area contributed by atoms with Crippen LogP contribution in [0.1, 0.15) is 40.8 Å². The van der Waals surface area contributed by atoms with Gasteiger partial charge in [-0.15, -0.1) is 0 Å². The van der Waals surface area contributed by atoms with Crippen LogP contribution in [-0.4, -0.2) is 34.4 Å². The minimum Gasteiger partial charge on any atom is -0.277 e. The second-order valence-corrected chi connectivity index (χ2v) is 11.5. The van der Waals surface area contributed by atoms with Gasteiger partial charge >= 0.3 is 0 Å². The third kappa shape index (κ3) is 4.34. The van der Waals surface area contributed by atoms with Crippen molar-refractivity contribution in [3.63, 3.8) is 0 Å². The lowest BCUT2D eigenvalue weighted by atomic mass is 10.1. The molecule has 5 rings (SSSR count). The van der Waals surface area contributed by atoms with E-state index in [-0.39, 0.29) is 28.1 Å². The molecule has 2 atom stereocenters. The number of halogens is 3. The Labute approximate surface area is 216 Å². The van der Waals surface area contributed by atoms with Crippen molar-refractivity contribution in [1.29, 1.82) is 0 Å². The van der Waals surface area contributed by atoms with Crippen LogP contribution in [0, 0.1) is 25.5 Å². The number of benzene rings is 1. The molecule has 0 bridgehead atoms. The monoisotopic (exact) mass is 542 g/mol. The molecule has 0 spiro atoms. The fraction of sp³-hybridized carbons (Fsp3) is 0.231. The van der Waals surface area contributed by atoms with Crippen LogP contribution in [0.3, 0.4) is 0 Å². The molecule has 0 radical (unpaired) electrons. The highest BCUT2D eigenvalue weighted by molar-refractivity contribution is 7.90. The average Bonchev–Trinajstić information content (AvgIpc) is 3.64. The molecule has 1 aliphatic rings. The Balaban J connectivity index is 1.63. The zero-order chi connectivity index (χ0) is 26.6. The molecule has 3 heterocycles. The summed E-state index contributed by atoms with van der Waals surface area (Å²) in [5.74, 6) is -2.02. The number of hydrogen-bond acceptors (Lipinski definition) is 6. The number of nitrogens with zero attached hydrogens (tertiary/aromatic N) is 4. The fourth-order valence-electron chi connectivity index (χ4n) is 4.67. The molecular weight excluding hydrogens is 522 g/mol. The minimum absolute atomic E-state index is 0.0166. The lowest BCUT2D eigenvalue weighted by Gasteiger charge is -2.18.